The van der Waals surface area contributed by atoms with Crippen LogP contribution >= 0.6 is 0 Å². The average molecular weight is 255 g/mol. The van der Waals surface area contributed by atoms with Gasteiger partial charge in [-0.2, -0.15) is 0 Å². The van der Waals surface area contributed by atoms with E-state index in [4.69, 9.17) is 0 Å². The van der Waals surface area contributed by atoms with Crippen LogP contribution in [-0.2, 0) is 0 Å². The van der Waals surface area contributed by atoms with Crippen molar-refractivity contribution in [3.05, 3.63) is 35.6 Å². The molecule has 2 unspecified atom stereocenters. The Labute approximate surface area is 108 Å². The third kappa shape index (κ3) is 4.72. The zero-order valence-corrected chi connectivity index (χ0v) is 11.0. The highest BCUT2D eigenvalue weighted by molar-refractivity contribution is 5.19. The molecule has 1 rings (SSSR count). The minimum atomic E-state index is -0.899. The molecule has 0 spiro atoms. The quantitative estimate of drug-likeness (QED) is 0.698. The van der Waals surface area contributed by atoms with Crippen LogP contribution in [-0.4, -0.2) is 28.9 Å². The Morgan fingerprint density at radius 3 is 2.67 bits per heavy atom. The van der Waals surface area contributed by atoms with Crippen molar-refractivity contribution < 1.29 is 14.6 Å². The van der Waals surface area contributed by atoms with E-state index in [1.54, 1.807) is 25.1 Å². The van der Waals surface area contributed by atoms with Crippen LogP contribution in [0.5, 0.6) is 0 Å². The third-order valence-corrected chi connectivity index (χ3v) is 2.90. The fourth-order valence-electron chi connectivity index (χ4n) is 1.96. The molecule has 0 aliphatic carbocycles. The van der Waals surface area contributed by atoms with Crippen molar-refractivity contribution in [3.63, 3.8) is 0 Å². The number of nitrogens with one attached hydrogen (secondary N) is 1. The van der Waals surface area contributed by atoms with Gasteiger partial charge in [0, 0.05) is 18.7 Å². The monoisotopic (exact) mass is 255 g/mol. The molecule has 0 aromatic heterocycles. The first-order valence-electron chi connectivity index (χ1n) is 6.32. The molecule has 1 aromatic rings. The van der Waals surface area contributed by atoms with E-state index in [9.17, 15) is 14.6 Å². The van der Waals surface area contributed by atoms with Crippen LogP contribution < -0.4 is 5.32 Å². The van der Waals surface area contributed by atoms with E-state index in [0.717, 1.165) is 6.42 Å². The highest BCUT2D eigenvalue weighted by Gasteiger charge is 2.19. The maximum atomic E-state index is 13.4. The molecule has 0 aliphatic rings. The molecule has 3 N–H and O–H groups in total. The van der Waals surface area contributed by atoms with E-state index in [1.807, 2.05) is 6.92 Å². The third-order valence-electron chi connectivity index (χ3n) is 2.90. The lowest BCUT2D eigenvalue weighted by Crippen LogP contribution is -2.39. The van der Waals surface area contributed by atoms with Crippen molar-refractivity contribution in [3.8, 4) is 0 Å². The Morgan fingerprint density at radius 1 is 1.39 bits per heavy atom. The molecule has 3 nitrogen and oxygen atoms in total. The van der Waals surface area contributed by atoms with Crippen molar-refractivity contribution in [2.24, 2.45) is 0 Å². The van der Waals surface area contributed by atoms with Gasteiger partial charge in [-0.3, -0.25) is 0 Å². The zero-order valence-electron chi connectivity index (χ0n) is 11.0. The van der Waals surface area contributed by atoms with Crippen LogP contribution in [0.4, 0.5) is 4.39 Å². The normalized spacial score (nSPS) is 16.3. The van der Waals surface area contributed by atoms with Crippen molar-refractivity contribution in [2.75, 3.05) is 13.1 Å². The molecule has 0 amide bonds. The number of hydrogen-bond donors (Lipinski definition) is 3. The first-order valence-corrected chi connectivity index (χ1v) is 6.32. The SMILES string of the molecule is CCCC(C)(O)CNCC(O)c1ccccc1F. The zero-order chi connectivity index (χ0) is 13.6. The van der Waals surface area contributed by atoms with Crippen LogP contribution in [0.2, 0.25) is 0 Å². The van der Waals surface area contributed by atoms with E-state index in [2.05, 4.69) is 5.32 Å². The first kappa shape index (κ1) is 15.1. The fraction of sp³-hybridized carbons (Fsp3) is 0.571. The number of rotatable bonds is 7. The Balaban J connectivity index is 2.43. The predicted octanol–water partition coefficient (Wildman–Crippen LogP) is 2.00. The van der Waals surface area contributed by atoms with Gasteiger partial charge >= 0.3 is 0 Å². The van der Waals surface area contributed by atoms with Gasteiger partial charge in [0.25, 0.3) is 0 Å². The largest absolute Gasteiger partial charge is 0.389 e. The van der Waals surface area contributed by atoms with Gasteiger partial charge in [-0.1, -0.05) is 31.5 Å². The second kappa shape index (κ2) is 6.83. The molecule has 0 bridgehead atoms. The summed E-state index contributed by atoms with van der Waals surface area (Å²) in [7, 11) is 0. The first-order chi connectivity index (χ1) is 8.46. The predicted molar refractivity (Wildman–Crippen MR) is 69.8 cm³/mol. The topological polar surface area (TPSA) is 52.5 Å². The molecule has 18 heavy (non-hydrogen) atoms. The molecule has 0 saturated heterocycles. The number of hydrogen-bond acceptors (Lipinski definition) is 3. The summed E-state index contributed by atoms with van der Waals surface area (Å²) in [5, 5.41) is 22.7. The van der Waals surface area contributed by atoms with E-state index in [1.165, 1.54) is 6.07 Å². The maximum Gasteiger partial charge on any atom is 0.129 e. The van der Waals surface area contributed by atoms with Crippen LogP contribution in [0.3, 0.4) is 0 Å². The molecule has 102 valence electrons. The lowest BCUT2D eigenvalue weighted by molar-refractivity contribution is 0.0460. The summed E-state index contributed by atoms with van der Waals surface area (Å²) in [5.41, 5.74) is -0.510. The van der Waals surface area contributed by atoms with E-state index < -0.39 is 17.5 Å². The van der Waals surface area contributed by atoms with Gasteiger partial charge in [0.2, 0.25) is 0 Å². The van der Waals surface area contributed by atoms with E-state index in [-0.39, 0.29) is 12.1 Å². The summed E-state index contributed by atoms with van der Waals surface area (Å²) in [4.78, 5) is 0. The summed E-state index contributed by atoms with van der Waals surface area (Å²) >= 11 is 0. The van der Waals surface area contributed by atoms with Crippen LogP contribution in [0.1, 0.15) is 38.4 Å². The van der Waals surface area contributed by atoms with Gasteiger partial charge in [0.15, 0.2) is 0 Å². The molecule has 0 radical (unpaired) electrons. The Bertz CT molecular complexity index is 369. The Hall–Kier alpha value is -0.970. The molecular weight excluding hydrogens is 233 g/mol. The van der Waals surface area contributed by atoms with Gasteiger partial charge in [0.1, 0.15) is 5.82 Å². The second-order valence-corrected chi connectivity index (χ2v) is 4.92. The maximum absolute atomic E-state index is 13.4. The molecule has 4 heteroatoms. The van der Waals surface area contributed by atoms with Gasteiger partial charge in [-0.25, -0.2) is 4.39 Å². The number of aliphatic hydroxyl groups is 2. The molecule has 2 atom stereocenters. The van der Waals surface area contributed by atoms with Crippen molar-refractivity contribution in [1.82, 2.24) is 5.32 Å². The Morgan fingerprint density at radius 2 is 2.06 bits per heavy atom. The van der Waals surface area contributed by atoms with Gasteiger partial charge < -0.3 is 15.5 Å². The fourth-order valence-corrected chi connectivity index (χ4v) is 1.96. The number of aliphatic hydroxyl groups excluding tert-OH is 1. The Kier molecular flexibility index (Phi) is 5.72. The molecule has 1 aromatic carbocycles. The van der Waals surface area contributed by atoms with E-state index >= 15 is 0 Å². The molecular formula is C14H22FNO2. The van der Waals surface area contributed by atoms with Gasteiger partial charge in [-0.15, -0.1) is 0 Å². The molecule has 0 heterocycles. The lowest BCUT2D eigenvalue weighted by Gasteiger charge is -2.24. The van der Waals surface area contributed by atoms with E-state index in [0.29, 0.717) is 13.0 Å². The molecule has 0 aliphatic heterocycles. The average Bonchev–Trinajstić information content (AvgIpc) is 2.29. The van der Waals surface area contributed by atoms with Crippen LogP contribution in [0.15, 0.2) is 24.3 Å². The smallest absolute Gasteiger partial charge is 0.129 e. The standard InChI is InChI=1S/C14H22FNO2/c1-3-8-14(2,18)10-16-9-13(17)11-6-4-5-7-12(11)15/h4-7,13,16-18H,3,8-10H2,1-2H3. The summed E-state index contributed by atoms with van der Waals surface area (Å²) in [5.74, 6) is -0.410. The van der Waals surface area contributed by atoms with Crippen molar-refractivity contribution in [1.29, 1.82) is 0 Å². The summed E-state index contributed by atoms with van der Waals surface area (Å²) in [6.45, 7) is 4.36. The highest BCUT2D eigenvalue weighted by Crippen LogP contribution is 2.16. The summed E-state index contributed by atoms with van der Waals surface area (Å²) < 4.78 is 13.4. The number of halogens is 1. The van der Waals surface area contributed by atoms with Crippen LogP contribution in [0.25, 0.3) is 0 Å². The minimum Gasteiger partial charge on any atom is -0.389 e. The van der Waals surface area contributed by atoms with Gasteiger partial charge in [-0.05, 0) is 19.4 Å². The van der Waals surface area contributed by atoms with Gasteiger partial charge in [0.05, 0.1) is 11.7 Å². The van der Waals surface area contributed by atoms with Crippen molar-refractivity contribution in [2.45, 2.75) is 38.4 Å². The number of benzene rings is 1. The lowest BCUT2D eigenvalue weighted by atomic mass is 10.0. The minimum absolute atomic E-state index is 0.223. The van der Waals surface area contributed by atoms with Crippen LogP contribution in [0, 0.1) is 5.82 Å². The second-order valence-electron chi connectivity index (χ2n) is 4.92. The molecule has 0 saturated carbocycles. The van der Waals surface area contributed by atoms with Crippen molar-refractivity contribution >= 4 is 0 Å². The summed E-state index contributed by atoms with van der Waals surface area (Å²) in [6, 6.07) is 6.16. The summed E-state index contributed by atoms with van der Waals surface area (Å²) in [6.07, 6.45) is 0.684. The molecule has 0 fully saturated rings. The highest BCUT2D eigenvalue weighted by atomic mass is 19.1.